The summed E-state index contributed by atoms with van der Waals surface area (Å²) >= 11 is 35.9. The lowest BCUT2D eigenvalue weighted by Gasteiger charge is -2.39. The molecule has 0 aromatic heterocycles. The van der Waals surface area contributed by atoms with Gasteiger partial charge in [-0.15, -0.1) is 0 Å². The Labute approximate surface area is 158 Å². The van der Waals surface area contributed by atoms with Crippen molar-refractivity contribution in [3.05, 3.63) is 25.0 Å². The van der Waals surface area contributed by atoms with Gasteiger partial charge in [0.25, 0.3) is 0 Å². The molecular weight excluding hydrogens is 415 g/mol. The Hall–Kier alpha value is 0.160. The topological polar surface area (TPSA) is 46.0 Å². The van der Waals surface area contributed by atoms with Gasteiger partial charge in [-0.25, -0.2) is 9.98 Å². The van der Waals surface area contributed by atoms with E-state index in [4.69, 9.17) is 74.3 Å². The standard InChI is InChI=1S/C12H11Cl6N3O/c1-3-10(12(16,17)18)20-7(9(2)5-4-6-22-9)19-8(21-10)11(13,14)15/h3-4,6H,1,5H2,2H3,(H,19,20,21). The van der Waals surface area contributed by atoms with Gasteiger partial charge in [-0.3, -0.25) is 0 Å². The van der Waals surface area contributed by atoms with Crippen molar-refractivity contribution in [1.29, 1.82) is 0 Å². The summed E-state index contributed by atoms with van der Waals surface area (Å²) < 4.78 is 1.76. The molecule has 0 saturated carbocycles. The van der Waals surface area contributed by atoms with E-state index in [-0.39, 0.29) is 5.84 Å². The first-order valence-electron chi connectivity index (χ1n) is 6.01. The third-order valence-electron chi connectivity index (χ3n) is 3.20. The molecule has 10 heteroatoms. The van der Waals surface area contributed by atoms with E-state index in [1.807, 2.05) is 6.08 Å². The molecule has 0 aliphatic carbocycles. The van der Waals surface area contributed by atoms with Crippen LogP contribution < -0.4 is 5.32 Å². The number of hydrogen-bond acceptors (Lipinski definition) is 4. The van der Waals surface area contributed by atoms with Crippen LogP contribution in [0.15, 0.2) is 35.0 Å². The maximum absolute atomic E-state index is 6.03. The van der Waals surface area contributed by atoms with Gasteiger partial charge in [0, 0.05) is 6.42 Å². The van der Waals surface area contributed by atoms with Crippen molar-refractivity contribution in [3.8, 4) is 0 Å². The van der Waals surface area contributed by atoms with Crippen LogP contribution in [0.3, 0.4) is 0 Å². The molecule has 2 aliphatic heterocycles. The summed E-state index contributed by atoms with van der Waals surface area (Å²) in [5, 5.41) is 2.85. The molecule has 2 rings (SSSR count). The SMILES string of the molecule is C=CC1(C(Cl)(Cl)Cl)N=C(C(Cl)(Cl)Cl)NC(C2(C)CC=CO2)=N1. The average molecular weight is 426 g/mol. The number of amidine groups is 2. The molecule has 2 aliphatic rings. The summed E-state index contributed by atoms with van der Waals surface area (Å²) in [6.45, 7) is 5.44. The molecule has 0 amide bonds. The second kappa shape index (κ2) is 5.91. The smallest absolute Gasteiger partial charge is 0.247 e. The van der Waals surface area contributed by atoms with E-state index in [0.29, 0.717) is 12.3 Å². The first-order valence-corrected chi connectivity index (χ1v) is 8.28. The fourth-order valence-corrected chi connectivity index (χ4v) is 2.68. The summed E-state index contributed by atoms with van der Waals surface area (Å²) in [6, 6.07) is 0. The van der Waals surface area contributed by atoms with Gasteiger partial charge in [0.05, 0.1) is 6.26 Å². The van der Waals surface area contributed by atoms with Crippen LogP contribution in [0.5, 0.6) is 0 Å². The molecule has 0 aromatic rings. The van der Waals surface area contributed by atoms with E-state index in [9.17, 15) is 0 Å². The van der Waals surface area contributed by atoms with Gasteiger partial charge in [0.2, 0.25) is 13.2 Å². The van der Waals surface area contributed by atoms with Gasteiger partial charge >= 0.3 is 0 Å². The first kappa shape index (κ1) is 18.5. The minimum atomic E-state index is -1.94. The number of aliphatic imine (C=N–C) groups is 2. The summed E-state index contributed by atoms with van der Waals surface area (Å²) in [5.74, 6) is 0.283. The zero-order chi connectivity index (χ0) is 16.8. The summed E-state index contributed by atoms with van der Waals surface area (Å²) in [5.41, 5.74) is -2.46. The number of ether oxygens (including phenoxy) is 1. The van der Waals surface area contributed by atoms with Crippen LogP contribution in [0.2, 0.25) is 0 Å². The molecule has 122 valence electrons. The fourth-order valence-electron chi connectivity index (χ4n) is 1.92. The molecule has 1 N–H and O–H groups in total. The molecule has 4 nitrogen and oxygen atoms in total. The highest BCUT2D eigenvalue weighted by molar-refractivity contribution is 6.77. The molecule has 0 fully saturated rings. The van der Waals surface area contributed by atoms with Crippen LogP contribution in [-0.2, 0) is 4.74 Å². The van der Waals surface area contributed by atoms with E-state index >= 15 is 0 Å². The largest absolute Gasteiger partial charge is 0.487 e. The molecule has 22 heavy (non-hydrogen) atoms. The third kappa shape index (κ3) is 3.33. The van der Waals surface area contributed by atoms with Gasteiger partial charge in [-0.05, 0) is 19.1 Å². The van der Waals surface area contributed by atoms with Crippen LogP contribution in [0.25, 0.3) is 0 Å². The molecule has 0 saturated heterocycles. The fraction of sp³-hybridized carbons (Fsp3) is 0.500. The Morgan fingerprint density at radius 2 is 1.91 bits per heavy atom. The van der Waals surface area contributed by atoms with E-state index < -0.39 is 18.8 Å². The van der Waals surface area contributed by atoms with Gasteiger partial charge < -0.3 is 10.1 Å². The van der Waals surface area contributed by atoms with E-state index in [1.54, 1.807) is 13.2 Å². The van der Waals surface area contributed by atoms with Crippen LogP contribution in [-0.4, -0.2) is 30.5 Å². The second-order valence-corrected chi connectivity index (χ2v) is 9.46. The van der Waals surface area contributed by atoms with Crippen molar-refractivity contribution in [2.24, 2.45) is 9.98 Å². The van der Waals surface area contributed by atoms with Gasteiger partial charge in [-0.1, -0.05) is 76.2 Å². The molecular formula is C12H11Cl6N3O. The second-order valence-electron chi connectivity index (χ2n) is 4.90. The number of nitrogens with zero attached hydrogens (tertiary/aromatic N) is 2. The highest BCUT2D eigenvalue weighted by atomic mass is 35.6. The van der Waals surface area contributed by atoms with Crippen molar-refractivity contribution in [3.63, 3.8) is 0 Å². The minimum Gasteiger partial charge on any atom is -0.487 e. The van der Waals surface area contributed by atoms with Crippen molar-refractivity contribution in [2.45, 2.75) is 32.2 Å². The molecule has 0 spiro atoms. The summed E-state index contributed by atoms with van der Waals surface area (Å²) in [7, 11) is 0. The number of nitrogens with one attached hydrogen (secondary N) is 1. The number of halogens is 6. The van der Waals surface area contributed by atoms with Crippen LogP contribution in [0.1, 0.15) is 13.3 Å². The Balaban J connectivity index is 2.58. The molecule has 2 unspecified atom stereocenters. The highest BCUT2D eigenvalue weighted by Gasteiger charge is 2.53. The Morgan fingerprint density at radius 1 is 1.27 bits per heavy atom. The number of alkyl halides is 6. The van der Waals surface area contributed by atoms with E-state index in [1.165, 1.54) is 6.08 Å². The molecule has 0 radical (unpaired) electrons. The van der Waals surface area contributed by atoms with Crippen molar-refractivity contribution in [1.82, 2.24) is 5.32 Å². The first-order chi connectivity index (χ1) is 9.94. The molecule has 0 bridgehead atoms. The van der Waals surface area contributed by atoms with Crippen molar-refractivity contribution >= 4 is 81.3 Å². The van der Waals surface area contributed by atoms with Gasteiger partial charge in [0.1, 0.15) is 5.84 Å². The van der Waals surface area contributed by atoms with Crippen LogP contribution in [0.4, 0.5) is 0 Å². The number of rotatable bonds is 2. The summed E-state index contributed by atoms with van der Waals surface area (Å²) in [4.78, 5) is 8.54. The lowest BCUT2D eigenvalue weighted by atomic mass is 10.0. The predicted octanol–water partition coefficient (Wildman–Crippen LogP) is 4.70. The monoisotopic (exact) mass is 423 g/mol. The zero-order valence-electron chi connectivity index (χ0n) is 11.2. The van der Waals surface area contributed by atoms with Gasteiger partial charge in [-0.2, -0.15) is 0 Å². The van der Waals surface area contributed by atoms with Crippen LogP contribution >= 0.6 is 69.6 Å². The van der Waals surface area contributed by atoms with E-state index in [0.717, 1.165) is 0 Å². The highest BCUT2D eigenvalue weighted by Crippen LogP contribution is 2.46. The predicted molar refractivity (Wildman–Crippen MR) is 94.8 cm³/mol. The Kier molecular flexibility index (Phi) is 4.97. The minimum absolute atomic E-state index is 0.0366. The maximum Gasteiger partial charge on any atom is 0.247 e. The molecule has 0 aromatic carbocycles. The van der Waals surface area contributed by atoms with Gasteiger partial charge in [0.15, 0.2) is 11.4 Å². The quantitative estimate of drug-likeness (QED) is 0.514. The zero-order valence-corrected chi connectivity index (χ0v) is 15.8. The lowest BCUT2D eigenvalue weighted by Crippen LogP contribution is -2.57. The Morgan fingerprint density at radius 3 is 2.32 bits per heavy atom. The van der Waals surface area contributed by atoms with Crippen LogP contribution in [0, 0.1) is 0 Å². The van der Waals surface area contributed by atoms with Crippen molar-refractivity contribution in [2.75, 3.05) is 0 Å². The lowest BCUT2D eigenvalue weighted by molar-refractivity contribution is 0.127. The third-order valence-corrected chi connectivity index (χ3v) is 4.58. The Bertz CT molecular complexity index is 566. The average Bonchev–Trinajstić information content (AvgIpc) is 2.84. The maximum atomic E-state index is 6.03. The molecule has 2 atom stereocenters. The summed E-state index contributed by atoms with van der Waals surface area (Å²) in [6.07, 6.45) is 5.20. The van der Waals surface area contributed by atoms with Crippen molar-refractivity contribution < 1.29 is 4.74 Å². The normalized spacial score (nSPS) is 32.0. The van der Waals surface area contributed by atoms with E-state index in [2.05, 4.69) is 21.9 Å². The number of hydrogen-bond donors (Lipinski definition) is 1. The molecule has 2 heterocycles.